The van der Waals surface area contributed by atoms with Crippen LogP contribution in [0, 0.1) is 5.82 Å². The maximum Gasteiger partial charge on any atom is 0.317 e. The van der Waals surface area contributed by atoms with Gasteiger partial charge in [0.1, 0.15) is 5.52 Å². The zero-order valence-corrected chi connectivity index (χ0v) is 20.7. The third-order valence-corrected chi connectivity index (χ3v) is 6.13. The normalized spacial score (nSPS) is 17.8. The van der Waals surface area contributed by atoms with Crippen molar-refractivity contribution >= 4 is 45.0 Å². The number of nitrogens with two attached hydrogens (primary N) is 1. The summed E-state index contributed by atoms with van der Waals surface area (Å²) >= 11 is 0. The van der Waals surface area contributed by atoms with Gasteiger partial charge < -0.3 is 26.0 Å². The Hall–Kier alpha value is -4.32. The molecule has 4 aromatic rings. The summed E-state index contributed by atoms with van der Waals surface area (Å²) in [5.74, 6) is -1.70. The molecular formula is C25H27FN8O3. The van der Waals surface area contributed by atoms with Gasteiger partial charge in [-0.1, -0.05) is 0 Å². The molecular weight excluding hydrogens is 479 g/mol. The van der Waals surface area contributed by atoms with E-state index in [9.17, 15) is 14.0 Å². The average molecular weight is 507 g/mol. The highest BCUT2D eigenvalue weighted by Gasteiger charge is 2.25. The van der Waals surface area contributed by atoms with Gasteiger partial charge in [0.15, 0.2) is 12.4 Å². The quantitative estimate of drug-likeness (QED) is 0.361. The number of carbonyl (C=O) groups excluding carboxylic acids is 2. The van der Waals surface area contributed by atoms with E-state index in [4.69, 9.17) is 10.5 Å². The van der Waals surface area contributed by atoms with Gasteiger partial charge in [0.05, 0.1) is 11.1 Å². The van der Waals surface area contributed by atoms with Gasteiger partial charge in [0.25, 0.3) is 11.8 Å². The highest BCUT2D eigenvalue weighted by molar-refractivity contribution is 6.14. The van der Waals surface area contributed by atoms with Crippen molar-refractivity contribution in [3.63, 3.8) is 0 Å². The molecule has 1 aliphatic rings. The second-order valence-electron chi connectivity index (χ2n) is 9.33. The first-order valence-electron chi connectivity index (χ1n) is 11.8. The van der Waals surface area contributed by atoms with Crippen LogP contribution >= 0.6 is 0 Å². The van der Waals surface area contributed by atoms with Crippen molar-refractivity contribution in [1.82, 2.24) is 25.1 Å². The zero-order valence-electron chi connectivity index (χ0n) is 20.7. The Kier molecular flexibility index (Phi) is 6.34. The second kappa shape index (κ2) is 9.62. The fourth-order valence-corrected chi connectivity index (χ4v) is 4.76. The molecule has 0 aliphatic carbocycles. The largest absolute Gasteiger partial charge is 0.453 e. The van der Waals surface area contributed by atoms with Gasteiger partial charge in [0.2, 0.25) is 0 Å². The topological polar surface area (TPSA) is 140 Å². The van der Waals surface area contributed by atoms with Crippen LogP contribution in [0.15, 0.2) is 36.7 Å². The van der Waals surface area contributed by atoms with Gasteiger partial charge in [-0.05, 0) is 38.1 Å². The number of hydrogen-bond donors (Lipinski definition) is 3. The number of nitrogens with zero attached hydrogens (tertiary/aromatic N) is 5. The van der Waals surface area contributed by atoms with E-state index in [2.05, 4.69) is 44.4 Å². The predicted molar refractivity (Wildman–Crippen MR) is 137 cm³/mol. The number of primary amides is 1. The van der Waals surface area contributed by atoms with Crippen molar-refractivity contribution in [2.24, 2.45) is 12.8 Å². The Morgan fingerprint density at radius 1 is 1.22 bits per heavy atom. The van der Waals surface area contributed by atoms with Gasteiger partial charge >= 0.3 is 6.01 Å². The first-order chi connectivity index (χ1) is 17.7. The smallest absolute Gasteiger partial charge is 0.317 e. The van der Waals surface area contributed by atoms with E-state index >= 15 is 0 Å². The lowest BCUT2D eigenvalue weighted by Crippen LogP contribution is -2.54. The first-order valence-corrected chi connectivity index (χ1v) is 11.8. The van der Waals surface area contributed by atoms with Gasteiger partial charge in [-0.3, -0.25) is 14.3 Å². The molecule has 37 heavy (non-hydrogen) atoms. The molecule has 4 N–H and O–H groups in total. The summed E-state index contributed by atoms with van der Waals surface area (Å²) in [6, 6.07) is 6.86. The summed E-state index contributed by atoms with van der Waals surface area (Å²) in [6.45, 7) is 5.34. The number of aryl methyl sites for hydroxylation is 1. The van der Waals surface area contributed by atoms with Crippen LogP contribution in [0.25, 0.3) is 21.8 Å². The lowest BCUT2D eigenvalue weighted by atomic mass is 10.0. The number of ether oxygens (including phenoxy) is 1. The maximum atomic E-state index is 14.6. The number of anilines is 2. The average Bonchev–Trinajstić information content (AvgIpc) is 3.22. The van der Waals surface area contributed by atoms with Crippen LogP contribution < -0.4 is 26.0 Å². The highest BCUT2D eigenvalue weighted by Crippen LogP contribution is 2.31. The number of rotatable bonds is 6. The molecule has 1 aliphatic heterocycles. The second-order valence-corrected chi connectivity index (χ2v) is 9.33. The van der Waals surface area contributed by atoms with Crippen molar-refractivity contribution in [3.05, 3.63) is 48.0 Å². The van der Waals surface area contributed by atoms with Crippen LogP contribution in [-0.2, 0) is 11.8 Å². The van der Waals surface area contributed by atoms with Crippen LogP contribution in [0.1, 0.15) is 24.2 Å². The number of fused-ring (bicyclic) bond motifs is 2. The molecule has 2 unspecified atom stereocenters. The van der Waals surface area contributed by atoms with Crippen molar-refractivity contribution in [2.45, 2.75) is 25.9 Å². The number of piperazine rings is 1. The molecule has 0 spiro atoms. The van der Waals surface area contributed by atoms with E-state index in [-0.39, 0.29) is 34.9 Å². The van der Waals surface area contributed by atoms with Crippen LogP contribution in [0.5, 0.6) is 6.01 Å². The molecule has 2 atom stereocenters. The Morgan fingerprint density at radius 2 is 1.97 bits per heavy atom. The Morgan fingerprint density at radius 3 is 2.70 bits per heavy atom. The Balaban J connectivity index is 1.54. The maximum absolute atomic E-state index is 14.6. The lowest BCUT2D eigenvalue weighted by Gasteiger charge is -2.38. The fraction of sp³-hybridized carbons (Fsp3) is 0.320. The number of benzene rings is 2. The third-order valence-electron chi connectivity index (χ3n) is 6.13. The molecule has 0 bridgehead atoms. The summed E-state index contributed by atoms with van der Waals surface area (Å²) in [4.78, 5) is 35.5. The van der Waals surface area contributed by atoms with Crippen molar-refractivity contribution in [2.75, 3.05) is 29.9 Å². The van der Waals surface area contributed by atoms with Crippen LogP contribution in [0.3, 0.4) is 0 Å². The van der Waals surface area contributed by atoms with Crippen molar-refractivity contribution < 1.29 is 18.7 Å². The van der Waals surface area contributed by atoms with Crippen LogP contribution in [0.2, 0.25) is 0 Å². The van der Waals surface area contributed by atoms with E-state index in [1.165, 1.54) is 10.7 Å². The minimum absolute atomic E-state index is 0.0811. The molecule has 3 heterocycles. The minimum Gasteiger partial charge on any atom is -0.453 e. The zero-order chi connectivity index (χ0) is 26.3. The molecule has 192 valence electrons. The fourth-order valence-electron chi connectivity index (χ4n) is 4.76. The monoisotopic (exact) mass is 506 g/mol. The SMILES string of the molecule is CC1CN(c2ccc(C(=O)Nc3cc(F)c4nn(C)cc4c3)c3nc(OCC(N)=O)ncc23)CC(C)N1. The first kappa shape index (κ1) is 24.4. The summed E-state index contributed by atoms with van der Waals surface area (Å²) in [6.07, 6.45) is 3.24. The molecule has 11 nitrogen and oxygen atoms in total. The molecule has 2 amide bonds. The van der Waals surface area contributed by atoms with E-state index in [0.717, 1.165) is 18.8 Å². The summed E-state index contributed by atoms with van der Waals surface area (Å²) < 4.78 is 21.4. The number of halogens is 1. The number of carbonyl (C=O) groups is 2. The molecule has 2 aromatic heterocycles. The Bertz CT molecular complexity index is 1510. The van der Waals surface area contributed by atoms with E-state index in [0.29, 0.717) is 16.3 Å². The molecule has 2 aromatic carbocycles. The van der Waals surface area contributed by atoms with Gasteiger partial charge in [-0.25, -0.2) is 9.37 Å². The minimum atomic E-state index is -0.674. The number of amides is 2. The van der Waals surface area contributed by atoms with E-state index < -0.39 is 24.2 Å². The molecule has 0 saturated carbocycles. The predicted octanol–water partition coefficient (Wildman–Crippen LogP) is 1.96. The standard InChI is InChI=1S/C25H27FN8O3/c1-13-9-34(10-14(2)29-13)20-5-4-17(23-18(20)8-28-25(31-23)37-12-21(27)35)24(36)30-16-6-15-11-33(3)32-22(15)19(26)7-16/h4-8,11,13-14,29H,9-10,12H2,1-3H3,(H2,27,35)(H,30,36). The van der Waals surface area contributed by atoms with Crippen molar-refractivity contribution in [1.29, 1.82) is 0 Å². The highest BCUT2D eigenvalue weighted by atomic mass is 19.1. The van der Waals surface area contributed by atoms with E-state index in [1.807, 2.05) is 6.07 Å². The van der Waals surface area contributed by atoms with Crippen LogP contribution in [0.4, 0.5) is 15.8 Å². The number of nitrogens with one attached hydrogen (secondary N) is 2. The molecule has 0 radical (unpaired) electrons. The molecule has 1 saturated heterocycles. The lowest BCUT2D eigenvalue weighted by molar-refractivity contribution is -0.120. The summed E-state index contributed by atoms with van der Waals surface area (Å²) in [5.41, 5.74) is 7.14. The van der Waals surface area contributed by atoms with Gasteiger partial charge in [0, 0.05) is 66.8 Å². The Labute approximate surface area is 211 Å². The number of aromatic nitrogens is 4. The van der Waals surface area contributed by atoms with E-state index in [1.54, 1.807) is 31.6 Å². The summed E-state index contributed by atoms with van der Waals surface area (Å²) in [5, 5.41) is 11.6. The molecule has 5 rings (SSSR count). The van der Waals surface area contributed by atoms with Crippen molar-refractivity contribution in [3.8, 4) is 6.01 Å². The third kappa shape index (κ3) is 5.00. The summed E-state index contributed by atoms with van der Waals surface area (Å²) in [7, 11) is 1.70. The van der Waals surface area contributed by atoms with Gasteiger partial charge in [-0.2, -0.15) is 10.1 Å². The molecule has 1 fully saturated rings. The number of hydrogen-bond acceptors (Lipinski definition) is 8. The van der Waals surface area contributed by atoms with Gasteiger partial charge in [-0.15, -0.1) is 0 Å². The molecule has 12 heteroatoms. The van der Waals surface area contributed by atoms with Crippen LogP contribution in [-0.4, -0.2) is 63.3 Å².